The third-order valence-electron chi connectivity index (χ3n) is 2.42. The third kappa shape index (κ3) is 2.83. The van der Waals surface area contributed by atoms with Gasteiger partial charge in [-0.3, -0.25) is 5.32 Å². The van der Waals surface area contributed by atoms with Gasteiger partial charge in [0.15, 0.2) is 0 Å². The molecule has 0 fully saturated rings. The standard InChI is InChI=1S/C13H10BrNO4S/c1-2-6-19-13(18)15-9-7-4-3-5-8(14)10(7)20-11(9)12(16)17/h2-5H,1,6H2,(H,15,18)(H,16,17). The van der Waals surface area contributed by atoms with Crippen LogP contribution in [0.5, 0.6) is 0 Å². The zero-order valence-corrected chi connectivity index (χ0v) is 12.6. The van der Waals surface area contributed by atoms with Gasteiger partial charge in [-0.15, -0.1) is 11.3 Å². The molecule has 0 unspecified atom stereocenters. The van der Waals surface area contributed by atoms with Crippen molar-refractivity contribution in [2.75, 3.05) is 11.9 Å². The van der Waals surface area contributed by atoms with Gasteiger partial charge in [0.25, 0.3) is 0 Å². The molecule has 1 amide bonds. The largest absolute Gasteiger partial charge is 0.477 e. The van der Waals surface area contributed by atoms with Crippen LogP contribution in [0.15, 0.2) is 35.3 Å². The number of thiophene rings is 1. The smallest absolute Gasteiger partial charge is 0.412 e. The molecular formula is C13H10BrNO4S. The van der Waals surface area contributed by atoms with Crippen LogP contribution >= 0.6 is 27.3 Å². The van der Waals surface area contributed by atoms with Crippen LogP contribution in [-0.2, 0) is 4.74 Å². The molecule has 2 N–H and O–H groups in total. The Labute approximate surface area is 127 Å². The maximum absolute atomic E-state index is 11.6. The van der Waals surface area contributed by atoms with Crippen LogP contribution in [0.3, 0.4) is 0 Å². The molecule has 20 heavy (non-hydrogen) atoms. The molecule has 2 aromatic rings. The van der Waals surface area contributed by atoms with E-state index in [4.69, 9.17) is 4.74 Å². The summed E-state index contributed by atoms with van der Waals surface area (Å²) in [5.41, 5.74) is 0.243. The quantitative estimate of drug-likeness (QED) is 0.809. The molecule has 0 atom stereocenters. The highest BCUT2D eigenvalue weighted by Crippen LogP contribution is 2.39. The minimum absolute atomic E-state index is 0.0556. The molecule has 1 aromatic heterocycles. The van der Waals surface area contributed by atoms with Gasteiger partial charge in [0.05, 0.1) is 10.4 Å². The fourth-order valence-electron chi connectivity index (χ4n) is 1.63. The van der Waals surface area contributed by atoms with E-state index >= 15 is 0 Å². The molecule has 104 valence electrons. The number of carboxylic acid groups (broad SMARTS) is 1. The van der Waals surface area contributed by atoms with Gasteiger partial charge in [-0.2, -0.15) is 0 Å². The fraction of sp³-hybridized carbons (Fsp3) is 0.0769. The number of hydrogen-bond donors (Lipinski definition) is 2. The Hall–Kier alpha value is -1.86. The average Bonchev–Trinajstić information content (AvgIpc) is 2.77. The van der Waals surface area contributed by atoms with Gasteiger partial charge >= 0.3 is 12.1 Å². The van der Waals surface area contributed by atoms with Gasteiger partial charge in [0.2, 0.25) is 0 Å². The number of nitrogens with one attached hydrogen (secondary N) is 1. The summed E-state index contributed by atoms with van der Waals surface area (Å²) in [4.78, 5) is 22.9. The number of halogens is 1. The van der Waals surface area contributed by atoms with Crippen molar-refractivity contribution in [3.63, 3.8) is 0 Å². The highest BCUT2D eigenvalue weighted by molar-refractivity contribution is 9.10. The highest BCUT2D eigenvalue weighted by atomic mass is 79.9. The topological polar surface area (TPSA) is 75.6 Å². The molecule has 1 heterocycles. The van der Waals surface area contributed by atoms with E-state index < -0.39 is 12.1 Å². The van der Waals surface area contributed by atoms with Crippen molar-refractivity contribution in [3.8, 4) is 0 Å². The number of aromatic carboxylic acids is 1. The van der Waals surface area contributed by atoms with Crippen molar-refractivity contribution < 1.29 is 19.4 Å². The van der Waals surface area contributed by atoms with E-state index in [1.165, 1.54) is 6.08 Å². The first-order chi connectivity index (χ1) is 9.54. The molecule has 1 aromatic carbocycles. The van der Waals surface area contributed by atoms with Gasteiger partial charge in [-0.05, 0) is 22.0 Å². The number of carbonyl (C=O) groups excluding carboxylic acids is 1. The number of carboxylic acids is 1. The van der Waals surface area contributed by atoms with Crippen LogP contribution in [-0.4, -0.2) is 23.8 Å². The van der Waals surface area contributed by atoms with Gasteiger partial charge < -0.3 is 9.84 Å². The minimum atomic E-state index is -1.10. The number of hydrogen-bond acceptors (Lipinski definition) is 4. The van der Waals surface area contributed by atoms with E-state index in [9.17, 15) is 14.7 Å². The second kappa shape index (κ2) is 6.06. The summed E-state index contributed by atoms with van der Waals surface area (Å²) in [6.45, 7) is 3.49. The van der Waals surface area contributed by atoms with Gasteiger partial charge in [0, 0.05) is 9.86 Å². The van der Waals surface area contributed by atoms with Crippen molar-refractivity contribution in [2.24, 2.45) is 0 Å². The number of benzene rings is 1. The van der Waals surface area contributed by atoms with E-state index in [1.807, 2.05) is 6.07 Å². The summed E-state index contributed by atoms with van der Waals surface area (Å²) in [7, 11) is 0. The highest BCUT2D eigenvalue weighted by Gasteiger charge is 2.21. The minimum Gasteiger partial charge on any atom is -0.477 e. The number of fused-ring (bicyclic) bond motifs is 1. The van der Waals surface area contributed by atoms with E-state index in [1.54, 1.807) is 12.1 Å². The molecule has 0 saturated heterocycles. The van der Waals surface area contributed by atoms with Crippen LogP contribution in [0.4, 0.5) is 10.5 Å². The molecule has 0 aliphatic carbocycles. The normalized spacial score (nSPS) is 10.2. The summed E-state index contributed by atoms with van der Waals surface area (Å²) >= 11 is 4.45. The van der Waals surface area contributed by atoms with Gasteiger partial charge in [0.1, 0.15) is 11.5 Å². The lowest BCUT2D eigenvalue weighted by molar-refractivity contribution is 0.0703. The summed E-state index contributed by atoms with van der Waals surface area (Å²) < 4.78 is 6.34. The lowest BCUT2D eigenvalue weighted by Crippen LogP contribution is -2.15. The Kier molecular flexibility index (Phi) is 4.41. The van der Waals surface area contributed by atoms with E-state index in [0.717, 1.165) is 20.5 Å². The zero-order valence-electron chi connectivity index (χ0n) is 10.2. The monoisotopic (exact) mass is 355 g/mol. The third-order valence-corrected chi connectivity index (χ3v) is 4.57. The molecule has 0 spiro atoms. The average molecular weight is 356 g/mol. The lowest BCUT2D eigenvalue weighted by Gasteiger charge is -2.05. The maximum atomic E-state index is 11.6. The molecule has 0 saturated carbocycles. The van der Waals surface area contributed by atoms with Crippen molar-refractivity contribution in [2.45, 2.75) is 0 Å². The van der Waals surface area contributed by atoms with Crippen molar-refractivity contribution in [3.05, 3.63) is 40.2 Å². The van der Waals surface area contributed by atoms with Crippen LogP contribution in [0.2, 0.25) is 0 Å². The molecule has 0 aliphatic heterocycles. The second-order valence-corrected chi connectivity index (χ2v) is 5.61. The zero-order chi connectivity index (χ0) is 14.7. The number of rotatable bonds is 4. The van der Waals surface area contributed by atoms with Crippen molar-refractivity contribution in [1.82, 2.24) is 0 Å². The SMILES string of the molecule is C=CCOC(=O)Nc1c(C(=O)O)sc2c(Br)cccc12. The van der Waals surface area contributed by atoms with Gasteiger partial charge in [-0.1, -0.05) is 24.8 Å². The van der Waals surface area contributed by atoms with Crippen molar-refractivity contribution >= 4 is 55.1 Å². The second-order valence-electron chi connectivity index (χ2n) is 3.74. The molecule has 5 nitrogen and oxygen atoms in total. The molecule has 0 aliphatic rings. The summed E-state index contributed by atoms with van der Waals surface area (Å²) in [5.74, 6) is -1.10. The predicted molar refractivity (Wildman–Crippen MR) is 81.7 cm³/mol. The maximum Gasteiger partial charge on any atom is 0.412 e. The Morgan fingerprint density at radius 1 is 1.50 bits per heavy atom. The van der Waals surface area contributed by atoms with E-state index in [-0.39, 0.29) is 17.2 Å². The van der Waals surface area contributed by atoms with E-state index in [2.05, 4.69) is 27.8 Å². The Balaban J connectivity index is 2.46. The predicted octanol–water partition coefficient (Wildman–Crippen LogP) is 4.10. The van der Waals surface area contributed by atoms with Crippen LogP contribution in [0.1, 0.15) is 9.67 Å². The lowest BCUT2D eigenvalue weighted by atomic mass is 10.2. The molecule has 0 bridgehead atoms. The first kappa shape index (κ1) is 14.5. The Morgan fingerprint density at radius 3 is 2.90 bits per heavy atom. The van der Waals surface area contributed by atoms with Crippen LogP contribution < -0.4 is 5.32 Å². The fourth-order valence-corrected chi connectivity index (χ4v) is 3.24. The molecule has 0 radical (unpaired) electrons. The summed E-state index contributed by atoms with van der Waals surface area (Å²) in [5, 5.41) is 12.4. The first-order valence-electron chi connectivity index (χ1n) is 5.53. The molecular weight excluding hydrogens is 346 g/mol. The number of ether oxygens (including phenoxy) is 1. The Morgan fingerprint density at radius 2 is 2.25 bits per heavy atom. The Bertz CT molecular complexity index is 695. The number of carbonyl (C=O) groups is 2. The first-order valence-corrected chi connectivity index (χ1v) is 7.14. The molecule has 7 heteroatoms. The van der Waals surface area contributed by atoms with Crippen LogP contribution in [0, 0.1) is 0 Å². The summed E-state index contributed by atoms with van der Waals surface area (Å²) in [6, 6.07) is 5.32. The number of amides is 1. The van der Waals surface area contributed by atoms with E-state index in [0.29, 0.717) is 5.39 Å². The number of anilines is 1. The molecule has 2 rings (SSSR count). The van der Waals surface area contributed by atoms with Crippen molar-refractivity contribution in [1.29, 1.82) is 0 Å². The van der Waals surface area contributed by atoms with Crippen LogP contribution in [0.25, 0.3) is 10.1 Å². The summed E-state index contributed by atoms with van der Waals surface area (Å²) in [6.07, 6.45) is 0.715. The van der Waals surface area contributed by atoms with Gasteiger partial charge in [-0.25, -0.2) is 9.59 Å².